The molecule has 0 aromatic carbocycles. The highest BCUT2D eigenvalue weighted by atomic mass is 32.2. The number of H-pyrrole nitrogens is 1. The number of anilines is 1. The second-order valence-corrected chi connectivity index (χ2v) is 7.57. The summed E-state index contributed by atoms with van der Waals surface area (Å²) < 4.78 is 27.6. The van der Waals surface area contributed by atoms with Crippen LogP contribution in [0.15, 0.2) is 11.0 Å². The van der Waals surface area contributed by atoms with Crippen molar-refractivity contribution in [1.29, 1.82) is 0 Å². The first kappa shape index (κ1) is 15.0. The molecule has 110 valence electrons. The second-order valence-electron chi connectivity index (χ2n) is 4.58. The largest absolute Gasteiger partial charge is 0.315 e. The van der Waals surface area contributed by atoms with Gasteiger partial charge in [0.15, 0.2) is 0 Å². The maximum atomic E-state index is 12.5. The van der Waals surface area contributed by atoms with Crippen LogP contribution in [0.3, 0.4) is 0 Å². The molecule has 0 fully saturated rings. The van der Waals surface area contributed by atoms with Gasteiger partial charge in [-0.05, 0) is 33.9 Å². The van der Waals surface area contributed by atoms with Crippen molar-refractivity contribution in [2.45, 2.75) is 32.2 Å². The van der Waals surface area contributed by atoms with E-state index >= 15 is 0 Å². The smallest absolute Gasteiger partial charge is 0.263 e. The summed E-state index contributed by atoms with van der Waals surface area (Å²) in [7, 11) is -1.75. The molecule has 2 rings (SSSR count). The number of sulfonamides is 1. The van der Waals surface area contributed by atoms with Gasteiger partial charge in [-0.2, -0.15) is 5.10 Å². The fourth-order valence-electron chi connectivity index (χ4n) is 1.94. The zero-order valence-electron chi connectivity index (χ0n) is 11.9. The van der Waals surface area contributed by atoms with Crippen LogP contribution >= 0.6 is 11.3 Å². The van der Waals surface area contributed by atoms with E-state index in [-0.39, 0.29) is 0 Å². The van der Waals surface area contributed by atoms with Crippen LogP contribution in [0.1, 0.15) is 21.1 Å². The Morgan fingerprint density at radius 3 is 2.60 bits per heavy atom. The number of nitrogens with zero attached hydrogens (tertiary/aromatic N) is 1. The molecule has 0 aliphatic carbocycles. The molecule has 2 heterocycles. The lowest BCUT2D eigenvalue weighted by molar-refractivity contribution is 0.601. The SMILES string of the molecule is CNCc1cc(S(=O)(=O)Nc2c(C)n[nH]c2C)c(C)s1. The normalized spacial score (nSPS) is 11.8. The summed E-state index contributed by atoms with van der Waals surface area (Å²) in [6.07, 6.45) is 0. The van der Waals surface area contributed by atoms with Gasteiger partial charge < -0.3 is 5.32 Å². The van der Waals surface area contributed by atoms with E-state index in [4.69, 9.17) is 0 Å². The van der Waals surface area contributed by atoms with Crippen molar-refractivity contribution < 1.29 is 8.42 Å². The van der Waals surface area contributed by atoms with Gasteiger partial charge in [0.1, 0.15) is 4.90 Å². The fraction of sp³-hybridized carbons (Fsp3) is 0.417. The van der Waals surface area contributed by atoms with Gasteiger partial charge in [0.2, 0.25) is 0 Å². The first-order chi connectivity index (χ1) is 9.35. The Bertz CT molecular complexity index is 696. The number of aromatic nitrogens is 2. The van der Waals surface area contributed by atoms with Gasteiger partial charge in [-0.25, -0.2) is 8.42 Å². The first-order valence-corrected chi connectivity index (χ1v) is 8.43. The van der Waals surface area contributed by atoms with Gasteiger partial charge in [0.05, 0.1) is 17.1 Å². The van der Waals surface area contributed by atoms with E-state index in [1.54, 1.807) is 19.9 Å². The molecule has 0 saturated heterocycles. The van der Waals surface area contributed by atoms with E-state index in [9.17, 15) is 8.42 Å². The van der Waals surface area contributed by atoms with Crippen LogP contribution in [0.25, 0.3) is 0 Å². The van der Waals surface area contributed by atoms with Crippen LogP contribution in [0.4, 0.5) is 5.69 Å². The predicted octanol–water partition coefficient (Wildman–Crippen LogP) is 1.92. The second kappa shape index (κ2) is 5.55. The molecule has 6 nitrogen and oxygen atoms in total. The van der Waals surface area contributed by atoms with Gasteiger partial charge in [-0.1, -0.05) is 0 Å². The van der Waals surface area contributed by atoms with E-state index in [2.05, 4.69) is 20.2 Å². The first-order valence-electron chi connectivity index (χ1n) is 6.13. The van der Waals surface area contributed by atoms with E-state index in [1.165, 1.54) is 11.3 Å². The number of aromatic amines is 1. The lowest BCUT2D eigenvalue weighted by Gasteiger charge is -2.07. The lowest BCUT2D eigenvalue weighted by atomic mass is 10.3. The van der Waals surface area contributed by atoms with Crippen molar-refractivity contribution in [3.8, 4) is 0 Å². The number of rotatable bonds is 5. The van der Waals surface area contributed by atoms with Crippen molar-refractivity contribution in [2.75, 3.05) is 11.8 Å². The van der Waals surface area contributed by atoms with Crippen molar-refractivity contribution in [1.82, 2.24) is 15.5 Å². The molecule has 2 aromatic heterocycles. The van der Waals surface area contributed by atoms with E-state index in [0.29, 0.717) is 28.5 Å². The van der Waals surface area contributed by atoms with Crippen molar-refractivity contribution in [3.63, 3.8) is 0 Å². The third kappa shape index (κ3) is 2.87. The van der Waals surface area contributed by atoms with Gasteiger partial charge >= 0.3 is 0 Å². The number of aryl methyl sites for hydroxylation is 3. The molecule has 2 aromatic rings. The van der Waals surface area contributed by atoms with Gasteiger partial charge in [-0.3, -0.25) is 9.82 Å². The van der Waals surface area contributed by atoms with Crippen molar-refractivity contribution in [2.24, 2.45) is 0 Å². The van der Waals surface area contributed by atoms with E-state index in [0.717, 1.165) is 9.75 Å². The van der Waals surface area contributed by atoms with Crippen LogP contribution in [0, 0.1) is 20.8 Å². The zero-order valence-corrected chi connectivity index (χ0v) is 13.5. The highest BCUT2D eigenvalue weighted by Crippen LogP contribution is 2.28. The van der Waals surface area contributed by atoms with Crippen LogP contribution in [-0.4, -0.2) is 25.7 Å². The molecule has 0 atom stereocenters. The Labute approximate surface area is 122 Å². The van der Waals surface area contributed by atoms with E-state index in [1.807, 2.05) is 14.0 Å². The maximum Gasteiger partial charge on any atom is 0.263 e. The van der Waals surface area contributed by atoms with Crippen LogP contribution in [0.5, 0.6) is 0 Å². The lowest BCUT2D eigenvalue weighted by Crippen LogP contribution is -2.14. The highest BCUT2D eigenvalue weighted by Gasteiger charge is 2.22. The minimum Gasteiger partial charge on any atom is -0.315 e. The quantitative estimate of drug-likeness (QED) is 0.787. The third-order valence-corrected chi connectivity index (χ3v) is 5.58. The maximum absolute atomic E-state index is 12.5. The predicted molar refractivity (Wildman–Crippen MR) is 80.7 cm³/mol. The zero-order chi connectivity index (χ0) is 14.9. The van der Waals surface area contributed by atoms with Gasteiger partial charge in [-0.15, -0.1) is 11.3 Å². The summed E-state index contributed by atoms with van der Waals surface area (Å²) in [5.74, 6) is 0. The topological polar surface area (TPSA) is 86.9 Å². The van der Waals surface area contributed by atoms with Crippen LogP contribution in [0.2, 0.25) is 0 Å². The molecular weight excluding hydrogens is 296 g/mol. The summed E-state index contributed by atoms with van der Waals surface area (Å²) in [4.78, 5) is 2.10. The summed E-state index contributed by atoms with van der Waals surface area (Å²) in [5, 5.41) is 9.78. The summed E-state index contributed by atoms with van der Waals surface area (Å²) in [6, 6.07) is 1.71. The Hall–Kier alpha value is -1.38. The molecule has 0 saturated carbocycles. The molecule has 20 heavy (non-hydrogen) atoms. The minimum absolute atomic E-state index is 0.327. The summed E-state index contributed by atoms with van der Waals surface area (Å²) in [5.41, 5.74) is 1.86. The monoisotopic (exact) mass is 314 g/mol. The van der Waals surface area contributed by atoms with E-state index < -0.39 is 10.0 Å². The number of thiophene rings is 1. The number of hydrogen-bond donors (Lipinski definition) is 3. The van der Waals surface area contributed by atoms with Crippen LogP contribution in [-0.2, 0) is 16.6 Å². The third-order valence-electron chi connectivity index (χ3n) is 2.93. The molecule has 3 N–H and O–H groups in total. The fourth-order valence-corrected chi connectivity index (χ4v) is 4.77. The molecule has 0 radical (unpaired) electrons. The Kier molecular flexibility index (Phi) is 4.17. The Morgan fingerprint density at radius 1 is 1.35 bits per heavy atom. The number of hydrogen-bond acceptors (Lipinski definition) is 5. The standard InChI is InChI=1S/C12H18N4O2S2/c1-7-12(8(2)15-14-7)16-20(17,18)11-5-10(6-13-4)19-9(11)3/h5,13,16H,6H2,1-4H3,(H,14,15). The molecule has 0 amide bonds. The molecule has 0 bridgehead atoms. The van der Waals surface area contributed by atoms with Gasteiger partial charge in [0.25, 0.3) is 10.0 Å². The summed E-state index contributed by atoms with van der Waals surface area (Å²) >= 11 is 1.48. The van der Waals surface area contributed by atoms with Crippen LogP contribution < -0.4 is 10.0 Å². The molecule has 0 unspecified atom stereocenters. The Morgan fingerprint density at radius 2 is 2.05 bits per heavy atom. The molecular formula is C12H18N4O2S2. The minimum atomic E-state index is -3.58. The number of nitrogens with one attached hydrogen (secondary N) is 3. The molecule has 0 aliphatic heterocycles. The average molecular weight is 314 g/mol. The highest BCUT2D eigenvalue weighted by molar-refractivity contribution is 7.93. The Balaban J connectivity index is 2.36. The van der Waals surface area contributed by atoms with Gasteiger partial charge in [0, 0.05) is 16.3 Å². The van der Waals surface area contributed by atoms with Crippen molar-refractivity contribution in [3.05, 3.63) is 27.2 Å². The summed E-state index contributed by atoms with van der Waals surface area (Å²) in [6.45, 7) is 6.01. The van der Waals surface area contributed by atoms with Crippen molar-refractivity contribution >= 4 is 27.0 Å². The molecule has 0 aliphatic rings. The molecule has 8 heteroatoms. The molecule has 0 spiro atoms. The average Bonchev–Trinajstić information content (AvgIpc) is 2.87.